The van der Waals surface area contributed by atoms with Gasteiger partial charge in [-0.05, 0) is 35.2 Å². The average molecular weight is 252 g/mol. The quantitative estimate of drug-likeness (QED) is 0.361. The molecule has 0 aromatic carbocycles. The third-order valence-corrected chi connectivity index (χ3v) is 3.63. The van der Waals surface area contributed by atoms with E-state index in [1.165, 1.54) is 63.4 Å². The molecule has 1 aromatic rings. The maximum absolute atomic E-state index is 3.00. The van der Waals surface area contributed by atoms with E-state index in [4.69, 9.17) is 0 Å². The van der Waals surface area contributed by atoms with Crippen LogP contribution >= 0.6 is 11.3 Å². The standard InChI is InChI=1S/C14H24S.C2H4/c1-2-3-4-5-6-7-8-9-10-14-11-12-15-13-14;1-2/h11-13H,2-10H2,1H3;1-2H2. The smallest absolute Gasteiger partial charge is 0.00613 e. The molecule has 0 amide bonds. The number of thiophene rings is 1. The highest BCUT2D eigenvalue weighted by Crippen LogP contribution is 2.12. The van der Waals surface area contributed by atoms with Crippen LogP contribution in [0.15, 0.2) is 30.0 Å². The van der Waals surface area contributed by atoms with Crippen LogP contribution in [0.1, 0.15) is 63.9 Å². The van der Waals surface area contributed by atoms with Gasteiger partial charge in [0.25, 0.3) is 0 Å². The molecule has 1 heteroatoms. The fraction of sp³-hybridized carbons (Fsp3) is 0.625. The summed E-state index contributed by atoms with van der Waals surface area (Å²) in [6.07, 6.45) is 12.7. The molecule has 0 nitrogen and oxygen atoms in total. The summed E-state index contributed by atoms with van der Waals surface area (Å²) in [6, 6.07) is 2.26. The number of hydrogen-bond acceptors (Lipinski definition) is 1. The summed E-state index contributed by atoms with van der Waals surface area (Å²) in [7, 11) is 0. The van der Waals surface area contributed by atoms with Crippen molar-refractivity contribution < 1.29 is 0 Å². The fourth-order valence-corrected chi connectivity index (χ4v) is 2.60. The molecule has 0 saturated carbocycles. The van der Waals surface area contributed by atoms with Crippen molar-refractivity contribution in [2.24, 2.45) is 0 Å². The predicted molar refractivity (Wildman–Crippen MR) is 81.9 cm³/mol. The van der Waals surface area contributed by atoms with Gasteiger partial charge in [0.05, 0.1) is 0 Å². The van der Waals surface area contributed by atoms with Crippen LogP contribution < -0.4 is 0 Å². The molecule has 0 aliphatic carbocycles. The molecule has 1 heterocycles. The fourth-order valence-electron chi connectivity index (χ4n) is 1.90. The molecular formula is C16H28S. The Hall–Kier alpha value is -0.560. The molecule has 1 rings (SSSR count). The average Bonchev–Trinajstić information content (AvgIpc) is 2.88. The summed E-state index contributed by atoms with van der Waals surface area (Å²) in [5.41, 5.74) is 1.53. The minimum Gasteiger partial charge on any atom is -0.152 e. The van der Waals surface area contributed by atoms with Crippen LogP contribution in [0.5, 0.6) is 0 Å². The zero-order valence-corrected chi connectivity index (χ0v) is 12.2. The van der Waals surface area contributed by atoms with E-state index in [0.717, 1.165) is 0 Å². The summed E-state index contributed by atoms with van der Waals surface area (Å²) in [4.78, 5) is 0. The third kappa shape index (κ3) is 10.3. The van der Waals surface area contributed by atoms with Crippen LogP contribution in [0.25, 0.3) is 0 Å². The molecule has 0 aliphatic heterocycles. The van der Waals surface area contributed by atoms with Gasteiger partial charge in [0, 0.05) is 0 Å². The largest absolute Gasteiger partial charge is 0.152 e. The Bertz CT molecular complexity index is 226. The Morgan fingerprint density at radius 2 is 1.53 bits per heavy atom. The lowest BCUT2D eigenvalue weighted by Crippen LogP contribution is -1.84. The van der Waals surface area contributed by atoms with Crippen LogP contribution in [-0.4, -0.2) is 0 Å². The first kappa shape index (κ1) is 16.4. The van der Waals surface area contributed by atoms with Crippen molar-refractivity contribution >= 4 is 11.3 Å². The summed E-state index contributed by atoms with van der Waals surface area (Å²) >= 11 is 1.82. The Kier molecular flexibility index (Phi) is 13.1. The molecular weight excluding hydrogens is 224 g/mol. The van der Waals surface area contributed by atoms with Crippen molar-refractivity contribution in [1.82, 2.24) is 0 Å². The second-order valence-corrected chi connectivity index (χ2v) is 5.14. The second-order valence-electron chi connectivity index (χ2n) is 4.36. The van der Waals surface area contributed by atoms with E-state index < -0.39 is 0 Å². The molecule has 0 atom stereocenters. The van der Waals surface area contributed by atoms with Gasteiger partial charge in [-0.3, -0.25) is 0 Å². The molecule has 17 heavy (non-hydrogen) atoms. The normalized spacial score (nSPS) is 9.71. The molecule has 0 N–H and O–H groups in total. The summed E-state index contributed by atoms with van der Waals surface area (Å²) < 4.78 is 0. The van der Waals surface area contributed by atoms with Gasteiger partial charge in [-0.25, -0.2) is 0 Å². The van der Waals surface area contributed by atoms with E-state index in [2.05, 4.69) is 36.9 Å². The van der Waals surface area contributed by atoms with Gasteiger partial charge >= 0.3 is 0 Å². The number of hydrogen-bond donors (Lipinski definition) is 0. The van der Waals surface area contributed by atoms with Gasteiger partial charge < -0.3 is 0 Å². The van der Waals surface area contributed by atoms with Gasteiger partial charge in [0.2, 0.25) is 0 Å². The lowest BCUT2D eigenvalue weighted by molar-refractivity contribution is 0.575. The van der Waals surface area contributed by atoms with Crippen LogP contribution in [0.4, 0.5) is 0 Å². The predicted octanol–water partition coefficient (Wildman–Crippen LogP) is 6.23. The van der Waals surface area contributed by atoms with E-state index in [-0.39, 0.29) is 0 Å². The first-order valence-electron chi connectivity index (χ1n) is 6.94. The first-order valence-corrected chi connectivity index (χ1v) is 7.89. The van der Waals surface area contributed by atoms with E-state index in [0.29, 0.717) is 0 Å². The highest BCUT2D eigenvalue weighted by Gasteiger charge is 1.94. The summed E-state index contributed by atoms with van der Waals surface area (Å²) in [5, 5.41) is 4.46. The summed E-state index contributed by atoms with van der Waals surface area (Å²) in [5.74, 6) is 0. The number of unbranched alkanes of at least 4 members (excludes halogenated alkanes) is 7. The van der Waals surface area contributed by atoms with Crippen molar-refractivity contribution in [3.8, 4) is 0 Å². The maximum atomic E-state index is 3.00. The second kappa shape index (κ2) is 13.5. The molecule has 0 radical (unpaired) electrons. The molecule has 0 saturated heterocycles. The molecule has 98 valence electrons. The van der Waals surface area contributed by atoms with Gasteiger partial charge in [0.1, 0.15) is 0 Å². The Morgan fingerprint density at radius 1 is 0.941 bits per heavy atom. The van der Waals surface area contributed by atoms with Crippen LogP contribution in [0.3, 0.4) is 0 Å². The minimum atomic E-state index is 1.29. The SMILES string of the molecule is C=C.CCCCCCCCCCc1ccsc1. The van der Waals surface area contributed by atoms with E-state index in [1.807, 2.05) is 11.3 Å². The molecule has 0 spiro atoms. The third-order valence-electron chi connectivity index (χ3n) is 2.90. The van der Waals surface area contributed by atoms with Crippen molar-refractivity contribution in [2.45, 2.75) is 64.7 Å². The highest BCUT2D eigenvalue weighted by molar-refractivity contribution is 7.07. The minimum absolute atomic E-state index is 1.29. The number of aryl methyl sites for hydroxylation is 1. The summed E-state index contributed by atoms with van der Waals surface area (Å²) in [6.45, 7) is 8.28. The van der Waals surface area contributed by atoms with Gasteiger partial charge in [-0.1, -0.05) is 51.9 Å². The Balaban J connectivity index is 0.00000121. The Morgan fingerprint density at radius 3 is 2.06 bits per heavy atom. The molecule has 0 unspecified atom stereocenters. The van der Waals surface area contributed by atoms with Crippen LogP contribution in [-0.2, 0) is 6.42 Å². The Labute approximate surface area is 112 Å². The zero-order chi connectivity index (χ0) is 12.8. The zero-order valence-electron chi connectivity index (χ0n) is 11.4. The topological polar surface area (TPSA) is 0 Å². The van der Waals surface area contributed by atoms with Gasteiger partial charge in [-0.15, -0.1) is 13.2 Å². The molecule has 0 fully saturated rings. The van der Waals surface area contributed by atoms with Gasteiger partial charge in [0.15, 0.2) is 0 Å². The lowest BCUT2D eigenvalue weighted by Gasteiger charge is -2.00. The first-order chi connectivity index (χ1) is 8.43. The van der Waals surface area contributed by atoms with Crippen molar-refractivity contribution in [3.05, 3.63) is 35.5 Å². The van der Waals surface area contributed by atoms with Crippen molar-refractivity contribution in [2.75, 3.05) is 0 Å². The van der Waals surface area contributed by atoms with Crippen LogP contribution in [0, 0.1) is 0 Å². The number of rotatable bonds is 9. The molecule has 1 aromatic heterocycles. The van der Waals surface area contributed by atoms with Crippen LogP contribution in [0.2, 0.25) is 0 Å². The van der Waals surface area contributed by atoms with Crippen molar-refractivity contribution in [1.29, 1.82) is 0 Å². The maximum Gasteiger partial charge on any atom is -0.00613 e. The lowest BCUT2D eigenvalue weighted by atomic mass is 10.1. The monoisotopic (exact) mass is 252 g/mol. The van der Waals surface area contributed by atoms with Crippen molar-refractivity contribution in [3.63, 3.8) is 0 Å². The van der Waals surface area contributed by atoms with E-state index in [9.17, 15) is 0 Å². The van der Waals surface area contributed by atoms with Gasteiger partial charge in [-0.2, -0.15) is 11.3 Å². The highest BCUT2D eigenvalue weighted by atomic mass is 32.1. The van der Waals surface area contributed by atoms with E-state index >= 15 is 0 Å². The molecule has 0 bridgehead atoms. The molecule has 0 aliphatic rings. The van der Waals surface area contributed by atoms with E-state index in [1.54, 1.807) is 0 Å².